The molecule has 112 valence electrons. The second-order valence-electron chi connectivity index (χ2n) is 5.46. The minimum absolute atomic E-state index is 0.395. The van der Waals surface area contributed by atoms with Crippen LogP contribution in [0.1, 0.15) is 20.3 Å². The molecular weight excluding hydrogens is 295 g/mol. The molecule has 2 unspecified atom stereocenters. The molecule has 0 aromatic carbocycles. The summed E-state index contributed by atoms with van der Waals surface area (Å²) in [5.74, 6) is 1.96. The van der Waals surface area contributed by atoms with Gasteiger partial charge in [0.05, 0.1) is 10.0 Å². The number of anilines is 2. The van der Waals surface area contributed by atoms with Crippen LogP contribution in [0.15, 0.2) is 6.07 Å². The lowest BCUT2D eigenvalue weighted by Gasteiger charge is -2.35. The van der Waals surface area contributed by atoms with E-state index in [1.165, 1.54) is 0 Å². The Balaban J connectivity index is 2.14. The molecule has 4 nitrogen and oxygen atoms in total. The van der Waals surface area contributed by atoms with E-state index in [9.17, 15) is 0 Å². The molecule has 1 aromatic rings. The maximum absolute atomic E-state index is 6.25. The van der Waals surface area contributed by atoms with Crippen LogP contribution in [-0.4, -0.2) is 42.6 Å². The molecule has 20 heavy (non-hydrogen) atoms. The first-order chi connectivity index (χ1) is 9.51. The molecule has 0 bridgehead atoms. The number of hydrogen-bond donors (Lipinski definition) is 2. The zero-order chi connectivity index (χ0) is 14.7. The molecule has 0 aliphatic carbocycles. The highest BCUT2D eigenvalue weighted by Crippen LogP contribution is 2.31. The maximum Gasteiger partial charge on any atom is 0.147 e. The molecule has 1 aliphatic rings. The third-order valence-electron chi connectivity index (χ3n) is 3.70. The second kappa shape index (κ2) is 6.83. The van der Waals surface area contributed by atoms with E-state index in [1.807, 2.05) is 6.92 Å². The average molecular weight is 317 g/mol. The lowest BCUT2D eigenvalue weighted by atomic mass is 9.94. The Morgan fingerprint density at radius 2 is 2.05 bits per heavy atom. The van der Waals surface area contributed by atoms with Gasteiger partial charge in [-0.25, -0.2) is 4.98 Å². The number of aromatic nitrogens is 1. The molecule has 2 heterocycles. The van der Waals surface area contributed by atoms with Crippen LogP contribution in [-0.2, 0) is 0 Å². The van der Waals surface area contributed by atoms with Gasteiger partial charge in [-0.3, -0.25) is 0 Å². The number of piperidine rings is 1. The first-order valence-corrected chi connectivity index (χ1v) is 7.81. The number of halogens is 2. The van der Waals surface area contributed by atoms with Gasteiger partial charge in [-0.2, -0.15) is 0 Å². The smallest absolute Gasteiger partial charge is 0.147 e. The quantitative estimate of drug-likeness (QED) is 0.891. The summed E-state index contributed by atoms with van der Waals surface area (Å²) in [7, 11) is 2.16. The zero-order valence-corrected chi connectivity index (χ0v) is 13.7. The van der Waals surface area contributed by atoms with Crippen molar-refractivity contribution in [1.29, 1.82) is 0 Å². The molecule has 0 amide bonds. The first-order valence-electron chi connectivity index (χ1n) is 7.06. The predicted molar refractivity (Wildman–Crippen MR) is 87.1 cm³/mol. The van der Waals surface area contributed by atoms with Gasteiger partial charge in [0.2, 0.25) is 0 Å². The minimum atomic E-state index is 0.395. The number of likely N-dealkylation sites (tertiary alicyclic amines) is 1. The molecule has 1 fully saturated rings. The topological polar surface area (TPSA) is 40.2 Å². The van der Waals surface area contributed by atoms with Crippen LogP contribution in [0.2, 0.25) is 10.0 Å². The molecule has 0 saturated carbocycles. The number of rotatable bonds is 4. The largest absolute Gasteiger partial charge is 0.369 e. The highest BCUT2D eigenvalue weighted by molar-refractivity contribution is 6.37. The van der Waals surface area contributed by atoms with E-state index in [0.29, 0.717) is 33.6 Å². The highest BCUT2D eigenvalue weighted by atomic mass is 35.5. The van der Waals surface area contributed by atoms with E-state index < -0.39 is 0 Å². The highest BCUT2D eigenvalue weighted by Gasteiger charge is 2.25. The fourth-order valence-electron chi connectivity index (χ4n) is 2.60. The third-order valence-corrected chi connectivity index (χ3v) is 4.28. The molecule has 0 radical (unpaired) electrons. The Morgan fingerprint density at radius 3 is 2.70 bits per heavy atom. The van der Waals surface area contributed by atoms with Crippen molar-refractivity contribution < 1.29 is 0 Å². The second-order valence-corrected chi connectivity index (χ2v) is 6.27. The molecule has 1 aliphatic heterocycles. The van der Waals surface area contributed by atoms with Crippen molar-refractivity contribution >= 4 is 34.8 Å². The van der Waals surface area contributed by atoms with Crippen LogP contribution in [0.4, 0.5) is 11.6 Å². The van der Waals surface area contributed by atoms with E-state index >= 15 is 0 Å². The fraction of sp³-hybridized carbons (Fsp3) is 0.643. The van der Waals surface area contributed by atoms with E-state index in [2.05, 4.69) is 34.5 Å². The summed E-state index contributed by atoms with van der Waals surface area (Å²) in [4.78, 5) is 6.86. The van der Waals surface area contributed by atoms with Crippen molar-refractivity contribution in [1.82, 2.24) is 9.88 Å². The Hall–Kier alpha value is -0.710. The van der Waals surface area contributed by atoms with E-state index in [0.717, 1.165) is 26.1 Å². The summed E-state index contributed by atoms with van der Waals surface area (Å²) in [6, 6.07) is 2.14. The van der Waals surface area contributed by atoms with Crippen LogP contribution in [0.25, 0.3) is 0 Å². The van der Waals surface area contributed by atoms with Gasteiger partial charge in [-0.15, -0.1) is 0 Å². The molecule has 1 aromatic heterocycles. The van der Waals surface area contributed by atoms with Gasteiger partial charge in [0.25, 0.3) is 0 Å². The lowest BCUT2D eigenvalue weighted by Crippen LogP contribution is -2.43. The van der Waals surface area contributed by atoms with Gasteiger partial charge >= 0.3 is 0 Å². The van der Waals surface area contributed by atoms with Crippen molar-refractivity contribution in [2.45, 2.75) is 26.3 Å². The molecule has 2 atom stereocenters. The lowest BCUT2D eigenvalue weighted by molar-refractivity contribution is 0.206. The van der Waals surface area contributed by atoms with Crippen molar-refractivity contribution in [3.63, 3.8) is 0 Å². The monoisotopic (exact) mass is 316 g/mol. The molecule has 2 rings (SSSR count). The van der Waals surface area contributed by atoms with Gasteiger partial charge in [0.1, 0.15) is 11.6 Å². The number of nitrogens with one attached hydrogen (secondary N) is 2. The zero-order valence-electron chi connectivity index (χ0n) is 12.2. The third kappa shape index (κ3) is 3.68. The number of pyridine rings is 1. The Labute approximate surface area is 130 Å². The van der Waals surface area contributed by atoms with Crippen molar-refractivity contribution in [3.8, 4) is 0 Å². The summed E-state index contributed by atoms with van der Waals surface area (Å²) < 4.78 is 0. The van der Waals surface area contributed by atoms with E-state index in [-0.39, 0.29) is 0 Å². The van der Waals surface area contributed by atoms with Crippen LogP contribution in [0, 0.1) is 5.92 Å². The summed E-state index contributed by atoms with van der Waals surface area (Å²) in [6.45, 7) is 7.22. The number of hydrogen-bond acceptors (Lipinski definition) is 4. The van der Waals surface area contributed by atoms with E-state index in [1.54, 1.807) is 6.07 Å². The fourth-order valence-corrected chi connectivity index (χ4v) is 3.08. The average Bonchev–Trinajstić information content (AvgIpc) is 2.38. The van der Waals surface area contributed by atoms with Gasteiger partial charge in [0, 0.05) is 19.1 Å². The SMILES string of the molecule is CCNc1nc(NC2CCN(C)CC2C)c(Cl)cc1Cl. The summed E-state index contributed by atoms with van der Waals surface area (Å²) in [6.07, 6.45) is 1.09. The molecule has 1 saturated heterocycles. The molecule has 2 N–H and O–H groups in total. The Kier molecular flexibility index (Phi) is 5.35. The van der Waals surface area contributed by atoms with Crippen molar-refractivity contribution in [2.75, 3.05) is 37.3 Å². The van der Waals surface area contributed by atoms with Gasteiger partial charge < -0.3 is 15.5 Å². The standard InChI is InChI=1S/C14H22Cl2N4/c1-4-17-13-10(15)7-11(16)14(19-13)18-12-5-6-20(3)8-9(12)2/h7,9,12H,4-6,8H2,1-3H3,(H2,17,18,19). The van der Waals surface area contributed by atoms with Crippen LogP contribution < -0.4 is 10.6 Å². The van der Waals surface area contributed by atoms with Gasteiger partial charge in [0.15, 0.2) is 0 Å². The Bertz CT molecular complexity index is 467. The Morgan fingerprint density at radius 1 is 1.35 bits per heavy atom. The minimum Gasteiger partial charge on any atom is -0.369 e. The van der Waals surface area contributed by atoms with E-state index in [4.69, 9.17) is 23.2 Å². The van der Waals surface area contributed by atoms with Gasteiger partial charge in [-0.1, -0.05) is 30.1 Å². The molecular formula is C14H22Cl2N4. The van der Waals surface area contributed by atoms with Crippen molar-refractivity contribution in [3.05, 3.63) is 16.1 Å². The maximum atomic E-state index is 6.25. The summed E-state index contributed by atoms with van der Waals surface area (Å²) >= 11 is 12.4. The summed E-state index contributed by atoms with van der Waals surface area (Å²) in [5.41, 5.74) is 0. The van der Waals surface area contributed by atoms with Crippen molar-refractivity contribution in [2.24, 2.45) is 5.92 Å². The van der Waals surface area contributed by atoms with Crippen LogP contribution >= 0.6 is 23.2 Å². The normalized spacial score (nSPS) is 23.6. The summed E-state index contributed by atoms with van der Waals surface area (Å²) in [5, 5.41) is 7.75. The molecule has 6 heteroatoms. The van der Waals surface area contributed by atoms with Gasteiger partial charge in [-0.05, 0) is 38.9 Å². The van der Waals surface area contributed by atoms with Crippen LogP contribution in [0.3, 0.4) is 0 Å². The molecule has 0 spiro atoms. The number of nitrogens with zero attached hydrogens (tertiary/aromatic N) is 2. The van der Waals surface area contributed by atoms with Crippen LogP contribution in [0.5, 0.6) is 0 Å². The predicted octanol–water partition coefficient (Wildman–Crippen LogP) is 3.57. The first kappa shape index (κ1) is 15.7.